The average Bonchev–Trinajstić information content (AvgIpc) is 3.42. The van der Waals surface area contributed by atoms with E-state index in [4.69, 9.17) is 0 Å². The number of benzene rings is 2. The Morgan fingerprint density at radius 2 is 1.50 bits per heavy atom. The Bertz CT molecular complexity index is 1030. The number of aliphatic imine (C=N–C) groups is 1. The van der Waals surface area contributed by atoms with Crippen LogP contribution in [-0.2, 0) is 20.8 Å². The summed E-state index contributed by atoms with van der Waals surface area (Å²) in [7, 11) is 0. The lowest BCUT2D eigenvalue weighted by Crippen LogP contribution is -2.53. The lowest BCUT2D eigenvalue weighted by Gasteiger charge is -2.30. The summed E-state index contributed by atoms with van der Waals surface area (Å²) in [5, 5.41) is 0. The zero-order chi connectivity index (χ0) is 22.1. The van der Waals surface area contributed by atoms with Gasteiger partial charge in [0.05, 0.1) is 18.4 Å². The highest BCUT2D eigenvalue weighted by molar-refractivity contribution is 6.13. The number of carbonyl (C=O) groups is 3. The van der Waals surface area contributed by atoms with Crippen molar-refractivity contribution >= 4 is 23.6 Å². The summed E-state index contributed by atoms with van der Waals surface area (Å²) in [6.07, 6.45) is 3.70. The number of imide groups is 1. The molecule has 0 spiro atoms. The molecule has 3 aliphatic rings. The smallest absolute Gasteiger partial charge is 0.251 e. The quantitative estimate of drug-likeness (QED) is 0.686. The van der Waals surface area contributed by atoms with Gasteiger partial charge in [0.1, 0.15) is 11.9 Å². The summed E-state index contributed by atoms with van der Waals surface area (Å²) in [6.45, 7) is 0.971. The molecule has 6 nitrogen and oxygen atoms in total. The molecule has 0 aromatic heterocycles. The largest absolute Gasteiger partial charge is 0.293 e. The van der Waals surface area contributed by atoms with E-state index in [2.05, 4.69) is 4.99 Å². The van der Waals surface area contributed by atoms with Gasteiger partial charge in [0.2, 0.25) is 11.8 Å². The number of nitrogens with zero attached hydrogens (tertiary/aromatic N) is 3. The minimum absolute atomic E-state index is 0.175. The van der Waals surface area contributed by atoms with Gasteiger partial charge in [-0.1, -0.05) is 73.5 Å². The van der Waals surface area contributed by atoms with E-state index in [1.807, 2.05) is 60.7 Å². The average molecular weight is 430 g/mol. The number of fused-ring (bicyclic) bond motifs is 1. The van der Waals surface area contributed by atoms with E-state index in [1.54, 1.807) is 4.90 Å². The molecule has 1 saturated heterocycles. The fourth-order valence-corrected chi connectivity index (χ4v) is 5.30. The van der Waals surface area contributed by atoms with E-state index in [1.165, 1.54) is 4.90 Å². The van der Waals surface area contributed by atoms with E-state index < -0.39 is 6.04 Å². The number of amidine groups is 1. The predicted molar refractivity (Wildman–Crippen MR) is 121 cm³/mol. The normalized spacial score (nSPS) is 23.8. The van der Waals surface area contributed by atoms with Crippen LogP contribution in [-0.4, -0.2) is 52.5 Å². The fraction of sp³-hybridized carbons (Fsp3) is 0.385. The van der Waals surface area contributed by atoms with Crippen molar-refractivity contribution in [3.63, 3.8) is 0 Å². The van der Waals surface area contributed by atoms with Gasteiger partial charge in [-0.15, -0.1) is 0 Å². The molecule has 3 amide bonds. The van der Waals surface area contributed by atoms with Crippen LogP contribution in [0.25, 0.3) is 0 Å². The van der Waals surface area contributed by atoms with E-state index in [0.29, 0.717) is 25.3 Å². The lowest BCUT2D eigenvalue weighted by atomic mass is 9.81. The van der Waals surface area contributed by atoms with E-state index >= 15 is 0 Å². The summed E-state index contributed by atoms with van der Waals surface area (Å²) in [5.74, 6) is -0.511. The first-order valence-corrected chi connectivity index (χ1v) is 11.5. The van der Waals surface area contributed by atoms with Crippen LogP contribution in [0.15, 0.2) is 65.7 Å². The molecular weight excluding hydrogens is 402 g/mol. The van der Waals surface area contributed by atoms with Crippen molar-refractivity contribution < 1.29 is 14.4 Å². The molecule has 1 aliphatic carbocycles. The van der Waals surface area contributed by atoms with Crippen LogP contribution in [0.4, 0.5) is 0 Å². The van der Waals surface area contributed by atoms with Crippen molar-refractivity contribution in [2.75, 3.05) is 13.1 Å². The molecule has 2 heterocycles. The molecule has 1 saturated carbocycles. The Morgan fingerprint density at radius 3 is 2.12 bits per heavy atom. The summed E-state index contributed by atoms with van der Waals surface area (Å²) >= 11 is 0. The topological polar surface area (TPSA) is 70.1 Å². The molecule has 0 unspecified atom stereocenters. The second-order valence-electron chi connectivity index (χ2n) is 8.81. The van der Waals surface area contributed by atoms with Crippen molar-refractivity contribution in [2.45, 2.75) is 38.1 Å². The highest BCUT2D eigenvalue weighted by Crippen LogP contribution is 2.39. The van der Waals surface area contributed by atoms with Gasteiger partial charge in [-0.2, -0.15) is 0 Å². The number of likely N-dealkylation sites (tertiary alicyclic amines) is 1. The van der Waals surface area contributed by atoms with Crippen molar-refractivity contribution in [1.29, 1.82) is 0 Å². The minimum Gasteiger partial charge on any atom is -0.293 e. The molecule has 0 radical (unpaired) electrons. The van der Waals surface area contributed by atoms with Crippen LogP contribution < -0.4 is 0 Å². The number of carbonyl (C=O) groups excluding carboxylic acids is 3. The standard InChI is InChI=1S/C26H27N3O3/c30-24-20-13-7-8-14-21(20)25(31)29(24)22(17-18-9-3-1-4-10-18)26(32)28-16-15-27-23(28)19-11-5-2-6-12-19/h1-6,9-12,20-22H,7-8,13-17H2/t20-,21-,22+/m0/s1. The van der Waals surface area contributed by atoms with E-state index in [0.717, 1.165) is 36.8 Å². The molecule has 2 aliphatic heterocycles. The first-order valence-electron chi connectivity index (χ1n) is 11.5. The Kier molecular flexibility index (Phi) is 5.60. The zero-order valence-electron chi connectivity index (χ0n) is 18.0. The van der Waals surface area contributed by atoms with Crippen LogP contribution in [0.2, 0.25) is 0 Å². The molecule has 3 atom stereocenters. The molecule has 0 N–H and O–H groups in total. The molecule has 2 aromatic carbocycles. The van der Waals surface area contributed by atoms with Crippen LogP contribution in [0.5, 0.6) is 0 Å². The zero-order valence-corrected chi connectivity index (χ0v) is 18.0. The highest BCUT2D eigenvalue weighted by Gasteiger charge is 2.52. The lowest BCUT2D eigenvalue weighted by molar-refractivity contribution is -0.150. The van der Waals surface area contributed by atoms with Crippen molar-refractivity contribution in [2.24, 2.45) is 16.8 Å². The number of rotatable bonds is 5. The van der Waals surface area contributed by atoms with Gasteiger partial charge in [-0.3, -0.25) is 29.2 Å². The molecule has 2 fully saturated rings. The molecular formula is C26H27N3O3. The van der Waals surface area contributed by atoms with Crippen LogP contribution in [0, 0.1) is 11.8 Å². The summed E-state index contributed by atoms with van der Waals surface area (Å²) in [4.78, 5) is 48.2. The summed E-state index contributed by atoms with van der Waals surface area (Å²) in [5.41, 5.74) is 1.79. The second-order valence-corrected chi connectivity index (χ2v) is 8.81. The molecule has 0 bridgehead atoms. The Balaban J connectivity index is 1.49. The fourth-order valence-electron chi connectivity index (χ4n) is 5.30. The maximum atomic E-state index is 13.9. The van der Waals surface area contributed by atoms with Crippen molar-refractivity contribution in [3.8, 4) is 0 Å². The Morgan fingerprint density at radius 1 is 0.906 bits per heavy atom. The molecule has 32 heavy (non-hydrogen) atoms. The summed E-state index contributed by atoms with van der Waals surface area (Å²) < 4.78 is 0. The molecule has 2 aromatic rings. The van der Waals surface area contributed by atoms with Crippen LogP contribution in [0.1, 0.15) is 36.8 Å². The number of hydrogen-bond acceptors (Lipinski definition) is 4. The minimum atomic E-state index is -0.852. The Hall–Kier alpha value is -3.28. The van der Waals surface area contributed by atoms with Gasteiger partial charge in [-0.25, -0.2) is 0 Å². The maximum absolute atomic E-state index is 13.9. The Labute approximate surface area is 187 Å². The van der Waals surface area contributed by atoms with Crippen LogP contribution >= 0.6 is 0 Å². The number of amides is 3. The maximum Gasteiger partial charge on any atom is 0.251 e. The van der Waals surface area contributed by atoms with Crippen LogP contribution in [0.3, 0.4) is 0 Å². The summed E-state index contributed by atoms with van der Waals surface area (Å²) in [6, 6.07) is 18.4. The molecule has 164 valence electrons. The number of hydrogen-bond donors (Lipinski definition) is 0. The van der Waals surface area contributed by atoms with E-state index in [-0.39, 0.29) is 29.6 Å². The monoisotopic (exact) mass is 429 g/mol. The SMILES string of the molecule is O=C([C@@H](Cc1ccccc1)N1C(=O)[C@H]2CCCC[C@@H]2C1=O)N1CCN=C1c1ccccc1. The first kappa shape index (κ1) is 20.6. The highest BCUT2D eigenvalue weighted by atomic mass is 16.2. The first-order chi connectivity index (χ1) is 15.6. The van der Waals surface area contributed by atoms with Gasteiger partial charge < -0.3 is 0 Å². The predicted octanol–water partition coefficient (Wildman–Crippen LogP) is 3.06. The van der Waals surface area contributed by atoms with Gasteiger partial charge in [0.25, 0.3) is 5.91 Å². The van der Waals surface area contributed by atoms with Crippen molar-refractivity contribution in [3.05, 3.63) is 71.8 Å². The third-order valence-electron chi connectivity index (χ3n) is 6.88. The van der Waals surface area contributed by atoms with Gasteiger partial charge >= 0.3 is 0 Å². The van der Waals surface area contributed by atoms with E-state index in [9.17, 15) is 14.4 Å². The van der Waals surface area contributed by atoms with Crippen molar-refractivity contribution in [1.82, 2.24) is 9.80 Å². The van der Waals surface area contributed by atoms with Gasteiger partial charge in [0, 0.05) is 18.5 Å². The van der Waals surface area contributed by atoms with Gasteiger partial charge in [-0.05, 0) is 18.4 Å². The third-order valence-corrected chi connectivity index (χ3v) is 6.88. The van der Waals surface area contributed by atoms with Gasteiger partial charge in [0.15, 0.2) is 0 Å². The molecule has 6 heteroatoms. The second kappa shape index (κ2) is 8.69. The third kappa shape index (κ3) is 3.64. The molecule has 5 rings (SSSR count).